The number of thiophene rings is 1. The Morgan fingerprint density at radius 1 is 0.500 bits per heavy atom. The van der Waals surface area contributed by atoms with E-state index in [1.165, 1.54) is 36.5 Å². The Hall–Kier alpha value is -5.65. The first-order chi connectivity index (χ1) is 21.8. The minimum atomic E-state index is 0.651. The van der Waals surface area contributed by atoms with E-state index in [1.807, 2.05) is 53.9 Å². The Morgan fingerprint density at radius 2 is 1.14 bits per heavy atom. The van der Waals surface area contributed by atoms with Crippen LogP contribution in [0.5, 0.6) is 0 Å². The van der Waals surface area contributed by atoms with E-state index in [1.54, 1.807) is 0 Å². The Balaban J connectivity index is 1.24. The van der Waals surface area contributed by atoms with Crippen molar-refractivity contribution in [3.05, 3.63) is 146 Å². The molecule has 0 aliphatic rings. The predicted octanol–water partition coefficient (Wildman–Crippen LogP) is 10.3. The predicted molar refractivity (Wildman–Crippen MR) is 183 cm³/mol. The van der Waals surface area contributed by atoms with Crippen LogP contribution in [0.4, 0.5) is 0 Å². The van der Waals surface area contributed by atoms with E-state index in [0.717, 1.165) is 39.4 Å². The van der Waals surface area contributed by atoms with E-state index < -0.39 is 0 Å². The fourth-order valence-corrected chi connectivity index (χ4v) is 7.45. The molecule has 0 bridgehead atoms. The molecule has 0 aliphatic carbocycles. The van der Waals surface area contributed by atoms with Crippen LogP contribution in [0.25, 0.3) is 81.7 Å². The quantitative estimate of drug-likeness (QED) is 0.208. The van der Waals surface area contributed by atoms with E-state index in [-0.39, 0.29) is 0 Å². The molecular weight excluding hydrogens is 557 g/mol. The zero-order valence-corrected chi connectivity index (χ0v) is 24.4. The average molecular weight is 581 g/mol. The first kappa shape index (κ1) is 24.9. The molecule has 5 heteroatoms. The van der Waals surface area contributed by atoms with Gasteiger partial charge in [-0.05, 0) is 30.3 Å². The smallest absolute Gasteiger partial charge is 0.161 e. The molecule has 5 aromatic carbocycles. The molecule has 4 aromatic heterocycles. The molecule has 0 saturated carbocycles. The van der Waals surface area contributed by atoms with Crippen LogP contribution in [0.2, 0.25) is 0 Å². The molecule has 0 atom stereocenters. The third-order valence-corrected chi connectivity index (χ3v) is 9.47. The van der Waals surface area contributed by atoms with E-state index in [2.05, 4.69) is 108 Å². The standard InChI is InChI=1S/C39H24N4S/c1-3-11-25(12-4-1)32-23-33(26-13-5-2-6-14-26)42-39(41-32)27-19-22-36(40-24-27)43-34-17-9-7-15-28(34)30-20-21-31-29-16-8-10-18-35(29)44-38(31)37(30)43/h1-24H. The van der Waals surface area contributed by atoms with E-state index in [4.69, 9.17) is 15.0 Å². The topological polar surface area (TPSA) is 43.6 Å². The first-order valence-corrected chi connectivity index (χ1v) is 15.4. The minimum Gasteiger partial charge on any atom is -0.292 e. The van der Waals surface area contributed by atoms with Crippen molar-refractivity contribution in [1.29, 1.82) is 0 Å². The maximum absolute atomic E-state index is 5.05. The van der Waals surface area contributed by atoms with Gasteiger partial charge in [0.15, 0.2) is 5.82 Å². The zero-order valence-electron chi connectivity index (χ0n) is 23.6. The summed E-state index contributed by atoms with van der Waals surface area (Å²) in [5.41, 5.74) is 7.07. The summed E-state index contributed by atoms with van der Waals surface area (Å²) in [7, 11) is 0. The lowest BCUT2D eigenvalue weighted by molar-refractivity contribution is 1.08. The van der Waals surface area contributed by atoms with Crippen LogP contribution in [0.15, 0.2) is 146 Å². The Morgan fingerprint density at radius 3 is 1.84 bits per heavy atom. The van der Waals surface area contributed by atoms with Gasteiger partial charge in [0, 0.05) is 49.1 Å². The molecule has 206 valence electrons. The van der Waals surface area contributed by atoms with Crippen molar-refractivity contribution < 1.29 is 0 Å². The summed E-state index contributed by atoms with van der Waals surface area (Å²) in [6, 6.07) is 48.5. The van der Waals surface area contributed by atoms with Crippen molar-refractivity contribution in [3.63, 3.8) is 0 Å². The monoisotopic (exact) mass is 580 g/mol. The second-order valence-electron chi connectivity index (χ2n) is 10.9. The Labute approximate surface area is 257 Å². The molecule has 4 heterocycles. The van der Waals surface area contributed by atoms with Crippen LogP contribution in [0.1, 0.15) is 0 Å². The second-order valence-corrected chi connectivity index (χ2v) is 11.9. The van der Waals surface area contributed by atoms with E-state index in [9.17, 15) is 0 Å². The maximum Gasteiger partial charge on any atom is 0.161 e. The molecule has 9 rings (SSSR count). The van der Waals surface area contributed by atoms with Crippen LogP contribution in [0, 0.1) is 0 Å². The number of pyridine rings is 1. The van der Waals surface area contributed by atoms with Gasteiger partial charge in [-0.25, -0.2) is 15.0 Å². The van der Waals surface area contributed by atoms with Gasteiger partial charge < -0.3 is 0 Å². The second kappa shape index (κ2) is 9.97. The van der Waals surface area contributed by atoms with Crippen LogP contribution < -0.4 is 0 Å². The Bertz CT molecular complexity index is 2420. The number of hydrogen-bond donors (Lipinski definition) is 0. The van der Waals surface area contributed by atoms with Gasteiger partial charge in [-0.1, -0.05) is 109 Å². The molecule has 44 heavy (non-hydrogen) atoms. The summed E-state index contributed by atoms with van der Waals surface area (Å²) in [5.74, 6) is 1.52. The molecule has 0 aliphatic heterocycles. The number of fused-ring (bicyclic) bond motifs is 7. The number of nitrogens with zero attached hydrogens (tertiary/aromatic N) is 4. The summed E-state index contributed by atoms with van der Waals surface area (Å²) in [6.07, 6.45) is 1.90. The highest BCUT2D eigenvalue weighted by Gasteiger charge is 2.18. The number of aromatic nitrogens is 4. The lowest BCUT2D eigenvalue weighted by atomic mass is 10.1. The van der Waals surface area contributed by atoms with Crippen molar-refractivity contribution in [2.24, 2.45) is 0 Å². The molecule has 0 unspecified atom stereocenters. The highest BCUT2D eigenvalue weighted by molar-refractivity contribution is 7.26. The molecule has 0 saturated heterocycles. The van der Waals surface area contributed by atoms with Crippen molar-refractivity contribution >= 4 is 53.3 Å². The number of para-hydroxylation sites is 1. The molecule has 0 N–H and O–H groups in total. The summed E-state index contributed by atoms with van der Waals surface area (Å²) in [6.45, 7) is 0. The SMILES string of the molecule is c1ccc(-c2cc(-c3ccccc3)nc(-c3ccc(-n4c5ccccc5c5ccc6c7ccccc7sc6c54)nc3)n2)cc1. The van der Waals surface area contributed by atoms with E-state index >= 15 is 0 Å². The minimum absolute atomic E-state index is 0.651. The average Bonchev–Trinajstić information content (AvgIpc) is 3.65. The van der Waals surface area contributed by atoms with Crippen LogP contribution in [-0.4, -0.2) is 19.5 Å². The summed E-state index contributed by atoms with van der Waals surface area (Å²) >= 11 is 1.85. The van der Waals surface area contributed by atoms with Gasteiger partial charge in [-0.3, -0.25) is 4.57 Å². The fourth-order valence-electron chi connectivity index (χ4n) is 6.21. The van der Waals surface area contributed by atoms with Crippen molar-refractivity contribution in [1.82, 2.24) is 19.5 Å². The summed E-state index contributed by atoms with van der Waals surface area (Å²) in [4.78, 5) is 15.1. The summed E-state index contributed by atoms with van der Waals surface area (Å²) in [5, 5.41) is 5.02. The lowest BCUT2D eigenvalue weighted by Crippen LogP contribution is -1.99. The van der Waals surface area contributed by atoms with Gasteiger partial charge >= 0.3 is 0 Å². The van der Waals surface area contributed by atoms with Gasteiger partial charge in [0.25, 0.3) is 0 Å². The Kier molecular flexibility index (Phi) is 5.64. The molecule has 4 nitrogen and oxygen atoms in total. The van der Waals surface area contributed by atoms with Crippen LogP contribution in [0.3, 0.4) is 0 Å². The highest BCUT2D eigenvalue weighted by atomic mass is 32.1. The molecule has 0 amide bonds. The third kappa shape index (κ3) is 3.94. The lowest BCUT2D eigenvalue weighted by Gasteiger charge is -2.11. The fraction of sp³-hybridized carbons (Fsp3) is 0. The zero-order chi connectivity index (χ0) is 29.0. The van der Waals surface area contributed by atoms with Gasteiger partial charge in [-0.2, -0.15) is 0 Å². The van der Waals surface area contributed by atoms with E-state index in [0.29, 0.717) is 5.82 Å². The van der Waals surface area contributed by atoms with Crippen molar-refractivity contribution in [2.45, 2.75) is 0 Å². The molecule has 0 radical (unpaired) electrons. The maximum atomic E-state index is 5.05. The van der Waals surface area contributed by atoms with Crippen LogP contribution in [-0.2, 0) is 0 Å². The van der Waals surface area contributed by atoms with Gasteiger partial charge in [0.05, 0.1) is 27.1 Å². The van der Waals surface area contributed by atoms with Crippen molar-refractivity contribution in [2.75, 3.05) is 0 Å². The number of rotatable bonds is 4. The third-order valence-electron chi connectivity index (χ3n) is 8.28. The molecule has 0 spiro atoms. The summed E-state index contributed by atoms with van der Waals surface area (Å²) < 4.78 is 4.87. The van der Waals surface area contributed by atoms with Gasteiger partial charge in [0.1, 0.15) is 5.82 Å². The molecule has 9 aromatic rings. The van der Waals surface area contributed by atoms with Crippen molar-refractivity contribution in [3.8, 4) is 39.7 Å². The first-order valence-electron chi connectivity index (χ1n) is 14.6. The largest absolute Gasteiger partial charge is 0.292 e. The molecule has 0 fully saturated rings. The highest BCUT2D eigenvalue weighted by Crippen LogP contribution is 2.42. The molecular formula is C39H24N4S. The number of hydrogen-bond acceptors (Lipinski definition) is 4. The van der Waals surface area contributed by atoms with Gasteiger partial charge in [0.2, 0.25) is 0 Å². The normalized spacial score (nSPS) is 11.6. The van der Waals surface area contributed by atoms with Gasteiger partial charge in [-0.15, -0.1) is 11.3 Å². The van der Waals surface area contributed by atoms with Crippen LogP contribution >= 0.6 is 11.3 Å². The number of benzene rings is 5.